The van der Waals surface area contributed by atoms with E-state index < -0.39 is 12.0 Å². The van der Waals surface area contributed by atoms with Crippen LogP contribution in [0.4, 0.5) is 9.59 Å². The number of nitrogens with zero attached hydrogens (tertiary/aromatic N) is 3. The Morgan fingerprint density at radius 2 is 1.83 bits per heavy atom. The van der Waals surface area contributed by atoms with Gasteiger partial charge < -0.3 is 29.7 Å². The third kappa shape index (κ3) is 5.84. The van der Waals surface area contributed by atoms with Crippen molar-refractivity contribution in [2.75, 3.05) is 60.6 Å². The number of methoxy groups -OCH3 is 2. The first kappa shape index (κ1) is 27.1. The fraction of sp³-hybridized carbons (Fsp3) is 0.560. The highest BCUT2D eigenvalue weighted by molar-refractivity contribution is 5.95. The van der Waals surface area contributed by atoms with Crippen LogP contribution in [-0.2, 0) is 9.53 Å². The van der Waals surface area contributed by atoms with Crippen LogP contribution in [-0.4, -0.2) is 99.4 Å². The van der Waals surface area contributed by atoms with Crippen molar-refractivity contribution < 1.29 is 28.6 Å². The summed E-state index contributed by atoms with van der Waals surface area (Å²) in [7, 11) is 4.68. The van der Waals surface area contributed by atoms with Crippen molar-refractivity contribution >= 4 is 18.0 Å². The number of hydrogen-bond donors (Lipinski definition) is 2. The van der Waals surface area contributed by atoms with Gasteiger partial charge in [0.2, 0.25) is 0 Å². The molecular formula is C25H37N5O6. The Balaban J connectivity index is 1.95. The molecular weight excluding hydrogens is 466 g/mol. The topological polar surface area (TPSA) is 113 Å². The highest BCUT2D eigenvalue weighted by atomic mass is 16.5. The number of para-hydroxylation sites is 1. The van der Waals surface area contributed by atoms with Gasteiger partial charge in [-0.2, -0.15) is 0 Å². The molecule has 11 heteroatoms. The number of likely N-dealkylation sites (N-methyl/N-ethyl adjacent to an activating group) is 1. The number of carbonyl (C=O) groups is 3. The summed E-state index contributed by atoms with van der Waals surface area (Å²) in [6.45, 7) is 8.43. The summed E-state index contributed by atoms with van der Waals surface area (Å²) in [5.74, 6) is 0.411. The van der Waals surface area contributed by atoms with Gasteiger partial charge in [-0.05, 0) is 26.8 Å². The predicted octanol–water partition coefficient (Wildman–Crippen LogP) is 1.95. The quantitative estimate of drug-likeness (QED) is 0.522. The molecule has 3 rings (SSSR count). The van der Waals surface area contributed by atoms with Crippen molar-refractivity contribution in [2.24, 2.45) is 0 Å². The summed E-state index contributed by atoms with van der Waals surface area (Å²) in [5.41, 5.74) is 1.48. The molecule has 1 fully saturated rings. The first-order valence-electron chi connectivity index (χ1n) is 12.1. The Morgan fingerprint density at radius 3 is 2.42 bits per heavy atom. The Hall–Kier alpha value is -3.47. The summed E-state index contributed by atoms with van der Waals surface area (Å²) in [5, 5.41) is 5.83. The molecule has 1 aromatic carbocycles. The van der Waals surface area contributed by atoms with Crippen LogP contribution in [0, 0.1) is 0 Å². The maximum atomic E-state index is 13.3. The lowest BCUT2D eigenvalue weighted by atomic mass is 9.93. The zero-order valence-corrected chi connectivity index (χ0v) is 21.9. The molecule has 2 heterocycles. The molecule has 0 spiro atoms. The number of hydrogen-bond acceptors (Lipinski definition) is 7. The normalized spacial score (nSPS) is 18.8. The van der Waals surface area contributed by atoms with Gasteiger partial charge in [-0.15, -0.1) is 0 Å². The summed E-state index contributed by atoms with van der Waals surface area (Å²) in [4.78, 5) is 44.0. The molecule has 198 valence electrons. The number of benzene rings is 1. The number of rotatable bonds is 8. The van der Waals surface area contributed by atoms with Gasteiger partial charge in [0, 0.05) is 57.1 Å². The molecule has 1 atom stereocenters. The maximum absolute atomic E-state index is 13.3. The molecule has 0 aliphatic carbocycles. The van der Waals surface area contributed by atoms with E-state index >= 15 is 0 Å². The lowest BCUT2D eigenvalue weighted by molar-refractivity contribution is -0.139. The van der Waals surface area contributed by atoms with Crippen molar-refractivity contribution in [3.8, 4) is 11.5 Å². The highest BCUT2D eigenvalue weighted by Crippen LogP contribution is 2.40. The van der Waals surface area contributed by atoms with Crippen LogP contribution in [0.3, 0.4) is 0 Å². The average Bonchev–Trinajstić information content (AvgIpc) is 2.86. The standard InChI is InChI=1S/C25H37N5O6/c1-7-36-23(31)20-18(15-29-11-13-30(14-12-29)25(33)26-16(2)3)28(4)24(32)27-21(20)17-9-8-10-19(34-5)22(17)35-6/h8-10,16,21H,7,11-15H2,1-6H3,(H,26,33)(H,27,32)/t21-/m1/s1. The SMILES string of the molecule is CCOC(=O)C1=C(CN2CCN(C(=O)NC(C)C)CC2)N(C)C(=O)N[C@@H]1c1cccc(OC)c1OC. The molecule has 2 aliphatic heterocycles. The third-order valence-electron chi connectivity index (χ3n) is 6.26. The third-order valence-corrected chi connectivity index (χ3v) is 6.26. The van der Waals surface area contributed by atoms with E-state index in [1.54, 1.807) is 37.1 Å². The predicted molar refractivity (Wildman–Crippen MR) is 134 cm³/mol. The Bertz CT molecular complexity index is 1000. The van der Waals surface area contributed by atoms with Gasteiger partial charge in [-0.25, -0.2) is 14.4 Å². The van der Waals surface area contributed by atoms with E-state index in [0.29, 0.717) is 61.1 Å². The fourth-order valence-corrected chi connectivity index (χ4v) is 4.43. The minimum absolute atomic E-state index is 0.0627. The summed E-state index contributed by atoms with van der Waals surface area (Å²) in [6.07, 6.45) is 0. The minimum Gasteiger partial charge on any atom is -0.493 e. The van der Waals surface area contributed by atoms with Crippen molar-refractivity contribution in [1.29, 1.82) is 0 Å². The zero-order valence-electron chi connectivity index (χ0n) is 21.9. The summed E-state index contributed by atoms with van der Waals surface area (Å²) in [6, 6.07) is 4.17. The largest absolute Gasteiger partial charge is 0.493 e. The van der Waals surface area contributed by atoms with Gasteiger partial charge in [0.1, 0.15) is 0 Å². The number of piperazine rings is 1. The second kappa shape index (κ2) is 12.0. The van der Waals surface area contributed by atoms with E-state index in [2.05, 4.69) is 15.5 Å². The van der Waals surface area contributed by atoms with E-state index in [9.17, 15) is 14.4 Å². The van der Waals surface area contributed by atoms with Crippen LogP contribution >= 0.6 is 0 Å². The molecule has 2 aliphatic rings. The molecule has 36 heavy (non-hydrogen) atoms. The van der Waals surface area contributed by atoms with Gasteiger partial charge in [0.15, 0.2) is 11.5 Å². The number of ether oxygens (including phenoxy) is 3. The molecule has 0 radical (unpaired) electrons. The van der Waals surface area contributed by atoms with Gasteiger partial charge in [0.05, 0.1) is 32.4 Å². The lowest BCUT2D eigenvalue weighted by Gasteiger charge is -2.39. The molecule has 2 N–H and O–H groups in total. The Labute approximate surface area is 212 Å². The van der Waals surface area contributed by atoms with Crippen molar-refractivity contribution in [2.45, 2.75) is 32.9 Å². The summed E-state index contributed by atoms with van der Waals surface area (Å²) >= 11 is 0. The van der Waals surface area contributed by atoms with Gasteiger partial charge in [0.25, 0.3) is 0 Å². The fourth-order valence-electron chi connectivity index (χ4n) is 4.43. The van der Waals surface area contributed by atoms with Crippen LogP contribution < -0.4 is 20.1 Å². The van der Waals surface area contributed by atoms with E-state index in [1.807, 2.05) is 13.8 Å². The second-order valence-corrected chi connectivity index (χ2v) is 8.97. The van der Waals surface area contributed by atoms with Crippen molar-refractivity contribution in [1.82, 2.24) is 25.3 Å². The van der Waals surface area contributed by atoms with Crippen molar-refractivity contribution in [3.05, 3.63) is 35.0 Å². The zero-order chi connectivity index (χ0) is 26.4. The van der Waals surface area contributed by atoms with Crippen LogP contribution in [0.15, 0.2) is 29.5 Å². The van der Waals surface area contributed by atoms with E-state index in [-0.39, 0.29) is 24.7 Å². The monoisotopic (exact) mass is 503 g/mol. The van der Waals surface area contributed by atoms with Crippen LogP contribution in [0.5, 0.6) is 11.5 Å². The Morgan fingerprint density at radius 1 is 1.14 bits per heavy atom. The molecule has 0 saturated carbocycles. The molecule has 1 saturated heterocycles. The molecule has 0 aromatic heterocycles. The lowest BCUT2D eigenvalue weighted by Crippen LogP contribution is -2.55. The highest BCUT2D eigenvalue weighted by Gasteiger charge is 2.39. The molecule has 1 aromatic rings. The number of esters is 1. The van der Waals surface area contributed by atoms with Gasteiger partial charge >= 0.3 is 18.0 Å². The van der Waals surface area contributed by atoms with Crippen LogP contribution in [0.25, 0.3) is 0 Å². The molecule has 0 bridgehead atoms. The second-order valence-electron chi connectivity index (χ2n) is 8.97. The minimum atomic E-state index is -0.786. The number of nitrogens with one attached hydrogen (secondary N) is 2. The average molecular weight is 504 g/mol. The maximum Gasteiger partial charge on any atom is 0.338 e. The van der Waals surface area contributed by atoms with Crippen molar-refractivity contribution in [3.63, 3.8) is 0 Å². The molecule has 4 amide bonds. The first-order valence-corrected chi connectivity index (χ1v) is 12.1. The van der Waals surface area contributed by atoms with Gasteiger partial charge in [-0.1, -0.05) is 12.1 Å². The van der Waals surface area contributed by atoms with E-state index in [1.165, 1.54) is 19.1 Å². The molecule has 11 nitrogen and oxygen atoms in total. The van der Waals surface area contributed by atoms with Crippen LogP contribution in [0.2, 0.25) is 0 Å². The smallest absolute Gasteiger partial charge is 0.338 e. The van der Waals surface area contributed by atoms with E-state index in [4.69, 9.17) is 14.2 Å². The number of carbonyl (C=O) groups excluding carboxylic acids is 3. The Kier molecular flexibility index (Phi) is 9.03. The summed E-state index contributed by atoms with van der Waals surface area (Å²) < 4.78 is 16.5. The van der Waals surface area contributed by atoms with E-state index in [0.717, 1.165) is 0 Å². The number of urea groups is 2. The number of amides is 4. The van der Waals surface area contributed by atoms with Crippen LogP contribution in [0.1, 0.15) is 32.4 Å². The first-order chi connectivity index (χ1) is 17.2. The van der Waals surface area contributed by atoms with Gasteiger partial charge in [-0.3, -0.25) is 9.80 Å². The molecule has 0 unspecified atom stereocenters.